The zero-order valence-electron chi connectivity index (χ0n) is 20.3. The van der Waals surface area contributed by atoms with Crippen LogP contribution < -0.4 is 16.0 Å². The number of hydrogen-bond donors (Lipinski definition) is 7. The number of aliphatic hydroxyl groups excluding tert-OH is 2. The van der Waals surface area contributed by atoms with Gasteiger partial charge < -0.3 is 50.6 Å². The van der Waals surface area contributed by atoms with Crippen molar-refractivity contribution in [2.75, 3.05) is 27.2 Å². The maximum atomic E-state index is 11.7. The molecule has 0 radical (unpaired) electrons. The van der Waals surface area contributed by atoms with Crippen LogP contribution in [0, 0.1) is 6.92 Å². The highest BCUT2D eigenvalue weighted by Gasteiger charge is 2.68. The number of nitrogens with one attached hydrogen (secondary N) is 3. The lowest BCUT2D eigenvalue weighted by molar-refractivity contribution is -0.482. The SMILES string of the molecule is CN[C@@H]1[C@H](O)[C@H](NC)[C@H]2O[C@]3(O)[C@H](OC2[C@H]1O)O[C@H](C)C[C@@]3(O)CNCCc1ccc(C)cc1. The molecule has 10 heteroatoms. The van der Waals surface area contributed by atoms with Crippen molar-refractivity contribution in [2.24, 2.45) is 0 Å². The van der Waals surface area contributed by atoms with Crippen LogP contribution in [0.3, 0.4) is 0 Å². The Balaban J connectivity index is 1.50. The average molecular weight is 482 g/mol. The molecule has 7 N–H and O–H groups in total. The van der Waals surface area contributed by atoms with Crippen molar-refractivity contribution < 1.29 is 34.6 Å². The molecule has 0 bridgehead atoms. The van der Waals surface area contributed by atoms with Gasteiger partial charge in [-0.25, -0.2) is 0 Å². The summed E-state index contributed by atoms with van der Waals surface area (Å²) in [7, 11) is 3.30. The molecule has 1 saturated carbocycles. The first-order valence-corrected chi connectivity index (χ1v) is 12.0. The van der Waals surface area contributed by atoms with Crippen molar-refractivity contribution in [1.29, 1.82) is 0 Å². The van der Waals surface area contributed by atoms with E-state index in [2.05, 4.69) is 40.2 Å². The zero-order valence-corrected chi connectivity index (χ0v) is 20.3. The minimum absolute atomic E-state index is 0.0504. The Morgan fingerprint density at radius 2 is 1.65 bits per heavy atom. The van der Waals surface area contributed by atoms with E-state index in [9.17, 15) is 20.4 Å². The van der Waals surface area contributed by atoms with E-state index in [1.165, 1.54) is 11.1 Å². The molecule has 3 fully saturated rings. The Bertz CT molecular complexity index is 829. The number of likely N-dealkylation sites (N-methyl/N-ethyl adjacent to an activating group) is 2. The quantitative estimate of drug-likeness (QED) is 0.227. The van der Waals surface area contributed by atoms with Crippen LogP contribution in [0.15, 0.2) is 24.3 Å². The van der Waals surface area contributed by atoms with Crippen LogP contribution in [0.25, 0.3) is 0 Å². The van der Waals surface area contributed by atoms with E-state index in [-0.39, 0.29) is 13.0 Å². The summed E-state index contributed by atoms with van der Waals surface area (Å²) in [6.07, 6.45) is -4.77. The van der Waals surface area contributed by atoms with Gasteiger partial charge in [0.05, 0.1) is 24.3 Å². The van der Waals surface area contributed by atoms with Gasteiger partial charge in [-0.2, -0.15) is 0 Å². The van der Waals surface area contributed by atoms with Crippen LogP contribution in [0.1, 0.15) is 24.5 Å². The number of rotatable bonds is 7. The van der Waals surface area contributed by atoms with Gasteiger partial charge in [-0.15, -0.1) is 0 Å². The second-order valence-electron chi connectivity index (χ2n) is 9.92. The molecule has 1 unspecified atom stereocenters. The summed E-state index contributed by atoms with van der Waals surface area (Å²) in [4.78, 5) is 0. The molecule has 2 heterocycles. The molecule has 10 atom stereocenters. The smallest absolute Gasteiger partial charge is 0.249 e. The normalized spacial score (nSPS) is 44.4. The van der Waals surface area contributed by atoms with Gasteiger partial charge in [0.15, 0.2) is 0 Å². The molecular formula is C24H39N3O7. The van der Waals surface area contributed by atoms with Crippen molar-refractivity contribution in [1.82, 2.24) is 16.0 Å². The van der Waals surface area contributed by atoms with Gasteiger partial charge in [-0.3, -0.25) is 0 Å². The van der Waals surface area contributed by atoms with Crippen molar-refractivity contribution >= 4 is 0 Å². The minimum Gasteiger partial charge on any atom is -0.390 e. The monoisotopic (exact) mass is 481 g/mol. The van der Waals surface area contributed by atoms with Crippen LogP contribution in [0.2, 0.25) is 0 Å². The Hall–Kier alpha value is -1.18. The summed E-state index contributed by atoms with van der Waals surface area (Å²) in [5, 5.41) is 54.1. The number of ether oxygens (including phenoxy) is 3. The highest BCUT2D eigenvalue weighted by molar-refractivity contribution is 5.21. The molecule has 1 aromatic rings. The molecule has 0 spiro atoms. The van der Waals surface area contributed by atoms with Gasteiger partial charge in [0, 0.05) is 13.0 Å². The number of hydrogen-bond acceptors (Lipinski definition) is 10. The Kier molecular flexibility index (Phi) is 7.66. The van der Waals surface area contributed by atoms with E-state index in [1.54, 1.807) is 21.0 Å². The largest absolute Gasteiger partial charge is 0.390 e. The van der Waals surface area contributed by atoms with Crippen LogP contribution in [0.5, 0.6) is 0 Å². The van der Waals surface area contributed by atoms with Gasteiger partial charge in [0.1, 0.15) is 23.9 Å². The molecule has 4 rings (SSSR count). The molecule has 192 valence electrons. The number of fused-ring (bicyclic) bond motifs is 2. The van der Waals surface area contributed by atoms with Crippen molar-refractivity contribution in [2.45, 2.75) is 87.0 Å². The third-order valence-electron chi connectivity index (χ3n) is 7.48. The lowest BCUT2D eigenvalue weighted by Crippen LogP contribution is -2.81. The maximum absolute atomic E-state index is 11.7. The standard InChI is InChI=1S/C24H39N3O7/c1-13-5-7-15(8-6-13)9-10-27-12-23(30)11-14(2)32-22-24(23,31)34-20-17(26-4)18(28)16(25-3)19(29)21(20)33-22/h5-8,14,16-22,25-31H,9-12H2,1-4H3/t14-,16-,17+,18+,19+,20-,21?,22+,23-,24-/m1/s1. The van der Waals surface area contributed by atoms with E-state index in [1.807, 2.05) is 6.92 Å². The summed E-state index contributed by atoms with van der Waals surface area (Å²) in [5.41, 5.74) is 0.645. The molecule has 34 heavy (non-hydrogen) atoms. The van der Waals surface area contributed by atoms with Crippen LogP contribution in [0.4, 0.5) is 0 Å². The molecule has 0 aromatic heterocycles. The third-order valence-corrected chi connectivity index (χ3v) is 7.48. The van der Waals surface area contributed by atoms with Gasteiger partial charge in [0.25, 0.3) is 0 Å². The number of aliphatic hydroxyl groups is 4. The van der Waals surface area contributed by atoms with Gasteiger partial charge in [0.2, 0.25) is 12.1 Å². The zero-order chi connectivity index (χ0) is 24.7. The maximum Gasteiger partial charge on any atom is 0.249 e. The topological polar surface area (TPSA) is 145 Å². The summed E-state index contributed by atoms with van der Waals surface area (Å²) < 4.78 is 18.0. The second-order valence-corrected chi connectivity index (χ2v) is 9.92. The average Bonchev–Trinajstić information content (AvgIpc) is 2.79. The summed E-state index contributed by atoms with van der Waals surface area (Å²) in [6, 6.07) is 6.93. The van der Waals surface area contributed by atoms with Crippen molar-refractivity contribution in [3.8, 4) is 0 Å². The van der Waals surface area contributed by atoms with E-state index < -0.39 is 60.3 Å². The summed E-state index contributed by atoms with van der Waals surface area (Å²) >= 11 is 0. The second kappa shape index (κ2) is 10.1. The summed E-state index contributed by atoms with van der Waals surface area (Å²) in [5.74, 6) is -2.20. The Labute approximate surface area is 200 Å². The Morgan fingerprint density at radius 3 is 2.29 bits per heavy atom. The summed E-state index contributed by atoms with van der Waals surface area (Å²) in [6.45, 7) is 4.48. The van der Waals surface area contributed by atoms with Crippen molar-refractivity contribution in [3.63, 3.8) is 0 Å². The molecule has 10 nitrogen and oxygen atoms in total. The molecule has 2 aliphatic heterocycles. The van der Waals surface area contributed by atoms with Gasteiger partial charge in [-0.1, -0.05) is 29.8 Å². The van der Waals surface area contributed by atoms with E-state index in [0.717, 1.165) is 6.42 Å². The van der Waals surface area contributed by atoms with Crippen LogP contribution in [-0.4, -0.2) is 108 Å². The van der Waals surface area contributed by atoms with Crippen LogP contribution >= 0.6 is 0 Å². The number of aryl methyl sites for hydroxylation is 1. The van der Waals surface area contributed by atoms with Gasteiger partial charge in [-0.05, 0) is 46.5 Å². The first-order valence-electron chi connectivity index (χ1n) is 12.0. The van der Waals surface area contributed by atoms with E-state index in [4.69, 9.17) is 14.2 Å². The van der Waals surface area contributed by atoms with E-state index in [0.29, 0.717) is 6.54 Å². The first kappa shape index (κ1) is 25.9. The number of benzene rings is 1. The molecular weight excluding hydrogens is 442 g/mol. The predicted octanol–water partition coefficient (Wildman–Crippen LogP) is -1.62. The Morgan fingerprint density at radius 1 is 0.971 bits per heavy atom. The highest BCUT2D eigenvalue weighted by atomic mass is 16.8. The fourth-order valence-corrected chi connectivity index (χ4v) is 5.51. The first-order chi connectivity index (χ1) is 16.1. The third kappa shape index (κ3) is 4.53. The fourth-order valence-electron chi connectivity index (χ4n) is 5.51. The molecule has 0 amide bonds. The molecule has 2 saturated heterocycles. The minimum atomic E-state index is -2.20. The molecule has 3 aliphatic rings. The molecule has 1 aromatic carbocycles. The molecule has 1 aliphatic carbocycles. The van der Waals surface area contributed by atoms with Gasteiger partial charge >= 0.3 is 0 Å². The van der Waals surface area contributed by atoms with Crippen LogP contribution in [-0.2, 0) is 20.6 Å². The predicted molar refractivity (Wildman–Crippen MR) is 124 cm³/mol. The van der Waals surface area contributed by atoms with Crippen molar-refractivity contribution in [3.05, 3.63) is 35.4 Å². The lowest BCUT2D eigenvalue weighted by atomic mass is 9.77. The highest BCUT2D eigenvalue weighted by Crippen LogP contribution is 2.46. The lowest BCUT2D eigenvalue weighted by Gasteiger charge is -2.60. The fraction of sp³-hybridized carbons (Fsp3) is 0.750. The van der Waals surface area contributed by atoms with E-state index >= 15 is 0 Å².